The molecule has 1 atom stereocenters. The highest BCUT2D eigenvalue weighted by Gasteiger charge is 2.51. The Hall–Kier alpha value is -2.38. The number of benzene rings is 1. The first kappa shape index (κ1) is 16.1. The smallest absolute Gasteiger partial charge is 0.244 e. The maximum Gasteiger partial charge on any atom is 0.244 e. The van der Waals surface area contributed by atoms with Gasteiger partial charge in [-0.3, -0.25) is 15.2 Å². The highest BCUT2D eigenvalue weighted by atomic mass is 16.5. The second-order valence-electron chi connectivity index (χ2n) is 6.59. The van der Waals surface area contributed by atoms with Crippen LogP contribution < -0.4 is 10.1 Å². The minimum Gasteiger partial charge on any atom is -0.497 e. The van der Waals surface area contributed by atoms with E-state index >= 15 is 0 Å². The second kappa shape index (κ2) is 6.16. The number of ether oxygens (including phenoxy) is 2. The van der Waals surface area contributed by atoms with Crippen molar-refractivity contribution in [2.45, 2.75) is 24.5 Å². The molecule has 7 nitrogen and oxygen atoms in total. The summed E-state index contributed by atoms with van der Waals surface area (Å²) in [6.07, 6.45) is 2.96. The molecule has 132 valence electrons. The fourth-order valence-electron chi connectivity index (χ4n) is 3.75. The Balaban J connectivity index is 1.69. The Bertz CT molecular complexity index is 782. The Kier molecular flexibility index (Phi) is 3.97. The molecule has 7 heteroatoms. The predicted molar refractivity (Wildman–Crippen MR) is 92.0 cm³/mol. The number of methoxy groups -OCH3 is 1. The van der Waals surface area contributed by atoms with Crippen LogP contribution in [0.4, 0.5) is 0 Å². The van der Waals surface area contributed by atoms with Crippen LogP contribution in [0.5, 0.6) is 5.75 Å². The number of carbonyl (C=O) groups excluding carboxylic acids is 1. The first-order valence-corrected chi connectivity index (χ1v) is 8.45. The summed E-state index contributed by atoms with van der Waals surface area (Å²) in [6.45, 7) is 1.21. The molecule has 1 spiro atoms. The van der Waals surface area contributed by atoms with Crippen LogP contribution in [0.25, 0.3) is 11.3 Å². The molecule has 4 rings (SSSR count). The lowest BCUT2D eigenvalue weighted by atomic mass is 9.90. The molecule has 1 amide bonds. The normalized spacial score (nSPS) is 22.6. The standard InChI is InChI=1S/C18H22N4O3/c1-22-16(20-18(17(22)23)6-8-25-9-7-18)14-11-19-21-15(14)12-4-3-5-13(10-12)24-2/h3-5,10-11,16,20H,6-9H2,1-2H3,(H,19,21). The minimum atomic E-state index is -0.527. The third-order valence-electron chi connectivity index (χ3n) is 5.20. The lowest BCUT2D eigenvalue weighted by Gasteiger charge is -2.31. The molecular weight excluding hydrogens is 320 g/mol. The van der Waals surface area contributed by atoms with Crippen molar-refractivity contribution in [3.63, 3.8) is 0 Å². The van der Waals surface area contributed by atoms with E-state index in [-0.39, 0.29) is 12.1 Å². The maximum absolute atomic E-state index is 12.9. The number of rotatable bonds is 3. The van der Waals surface area contributed by atoms with Crippen molar-refractivity contribution in [3.05, 3.63) is 36.0 Å². The third-order valence-corrected chi connectivity index (χ3v) is 5.20. The van der Waals surface area contributed by atoms with Gasteiger partial charge in [-0.25, -0.2) is 0 Å². The average Bonchev–Trinajstić information content (AvgIpc) is 3.22. The number of amides is 1. The lowest BCUT2D eigenvalue weighted by Crippen LogP contribution is -2.50. The van der Waals surface area contributed by atoms with Crippen LogP contribution in [0.2, 0.25) is 0 Å². The second-order valence-corrected chi connectivity index (χ2v) is 6.59. The molecule has 0 aliphatic carbocycles. The van der Waals surface area contributed by atoms with Crippen molar-refractivity contribution in [1.82, 2.24) is 20.4 Å². The van der Waals surface area contributed by atoms with Crippen molar-refractivity contribution >= 4 is 5.91 Å². The van der Waals surface area contributed by atoms with Crippen LogP contribution in [-0.4, -0.2) is 53.9 Å². The number of carbonyl (C=O) groups is 1. The first-order valence-electron chi connectivity index (χ1n) is 8.45. The lowest BCUT2D eigenvalue weighted by molar-refractivity contribution is -0.134. The van der Waals surface area contributed by atoms with Crippen LogP contribution in [-0.2, 0) is 9.53 Å². The molecule has 2 aromatic rings. The molecule has 2 aliphatic rings. The number of hydrogen-bond donors (Lipinski definition) is 2. The zero-order chi connectivity index (χ0) is 17.4. The molecule has 2 fully saturated rings. The van der Waals surface area contributed by atoms with Crippen molar-refractivity contribution in [1.29, 1.82) is 0 Å². The molecule has 1 aromatic carbocycles. The van der Waals surface area contributed by atoms with Crippen LogP contribution in [0, 0.1) is 0 Å². The van der Waals surface area contributed by atoms with Gasteiger partial charge in [0, 0.05) is 31.4 Å². The molecule has 2 aliphatic heterocycles. The quantitative estimate of drug-likeness (QED) is 0.887. The van der Waals surface area contributed by atoms with Gasteiger partial charge in [0.15, 0.2) is 0 Å². The molecule has 0 radical (unpaired) electrons. The van der Waals surface area contributed by atoms with E-state index < -0.39 is 5.54 Å². The first-order chi connectivity index (χ1) is 12.1. The molecule has 2 N–H and O–H groups in total. The van der Waals surface area contributed by atoms with E-state index in [4.69, 9.17) is 9.47 Å². The van der Waals surface area contributed by atoms with E-state index in [0.717, 1.165) is 22.6 Å². The summed E-state index contributed by atoms with van der Waals surface area (Å²) < 4.78 is 10.8. The summed E-state index contributed by atoms with van der Waals surface area (Å²) in [5, 5.41) is 10.8. The molecule has 1 unspecified atom stereocenters. The predicted octanol–water partition coefficient (Wildman–Crippen LogP) is 1.69. The van der Waals surface area contributed by atoms with Gasteiger partial charge in [0.25, 0.3) is 0 Å². The van der Waals surface area contributed by atoms with E-state index in [1.165, 1.54) is 0 Å². The highest BCUT2D eigenvalue weighted by molar-refractivity contribution is 5.89. The fraction of sp³-hybridized carbons (Fsp3) is 0.444. The van der Waals surface area contributed by atoms with Gasteiger partial charge in [-0.1, -0.05) is 12.1 Å². The van der Waals surface area contributed by atoms with Crippen LogP contribution in [0.1, 0.15) is 24.6 Å². The zero-order valence-corrected chi connectivity index (χ0v) is 14.4. The highest BCUT2D eigenvalue weighted by Crippen LogP contribution is 2.38. The molecule has 3 heterocycles. The summed E-state index contributed by atoms with van der Waals surface area (Å²) in [5.41, 5.74) is 2.29. The molecule has 25 heavy (non-hydrogen) atoms. The molecule has 0 bridgehead atoms. The Morgan fingerprint density at radius 3 is 2.92 bits per heavy atom. The van der Waals surface area contributed by atoms with E-state index in [1.807, 2.05) is 31.3 Å². The van der Waals surface area contributed by atoms with Crippen molar-refractivity contribution in [2.75, 3.05) is 27.4 Å². The number of aromatic nitrogens is 2. The summed E-state index contributed by atoms with van der Waals surface area (Å²) >= 11 is 0. The summed E-state index contributed by atoms with van der Waals surface area (Å²) in [5.74, 6) is 0.904. The Morgan fingerprint density at radius 2 is 2.16 bits per heavy atom. The SMILES string of the molecule is COc1cccc(-c2[nH]ncc2C2NC3(CCOCC3)C(=O)N2C)c1. The van der Waals surface area contributed by atoms with Gasteiger partial charge in [-0.2, -0.15) is 5.10 Å². The van der Waals surface area contributed by atoms with E-state index in [1.54, 1.807) is 18.2 Å². The van der Waals surface area contributed by atoms with Crippen molar-refractivity contribution < 1.29 is 14.3 Å². The van der Waals surface area contributed by atoms with Gasteiger partial charge in [0.05, 0.1) is 19.0 Å². The topological polar surface area (TPSA) is 79.5 Å². The molecular formula is C18H22N4O3. The number of likely N-dealkylation sites (N-methyl/N-ethyl adjacent to an activating group) is 1. The number of aromatic amines is 1. The largest absolute Gasteiger partial charge is 0.497 e. The average molecular weight is 342 g/mol. The third kappa shape index (κ3) is 2.60. The Labute approximate surface area is 146 Å². The molecule has 0 saturated carbocycles. The van der Waals surface area contributed by atoms with E-state index in [2.05, 4.69) is 15.5 Å². The van der Waals surface area contributed by atoms with E-state index in [0.29, 0.717) is 26.1 Å². The van der Waals surface area contributed by atoms with Gasteiger partial charge in [0.1, 0.15) is 17.5 Å². The number of nitrogens with one attached hydrogen (secondary N) is 2. The molecule has 2 saturated heterocycles. The van der Waals surface area contributed by atoms with Crippen molar-refractivity contribution in [2.24, 2.45) is 0 Å². The van der Waals surface area contributed by atoms with Gasteiger partial charge in [-0.15, -0.1) is 0 Å². The van der Waals surface area contributed by atoms with Crippen molar-refractivity contribution in [3.8, 4) is 17.0 Å². The number of hydrogen-bond acceptors (Lipinski definition) is 5. The van der Waals surface area contributed by atoms with Gasteiger partial charge in [-0.05, 0) is 25.0 Å². The monoisotopic (exact) mass is 342 g/mol. The van der Waals surface area contributed by atoms with Crippen LogP contribution in [0.15, 0.2) is 30.5 Å². The van der Waals surface area contributed by atoms with Gasteiger partial charge < -0.3 is 14.4 Å². The van der Waals surface area contributed by atoms with Crippen LogP contribution in [0.3, 0.4) is 0 Å². The number of H-pyrrole nitrogens is 1. The summed E-state index contributed by atoms with van der Waals surface area (Å²) in [7, 11) is 3.49. The minimum absolute atomic E-state index is 0.124. The molecule has 1 aromatic heterocycles. The summed E-state index contributed by atoms with van der Waals surface area (Å²) in [6, 6.07) is 7.80. The maximum atomic E-state index is 12.9. The van der Waals surface area contributed by atoms with Crippen LogP contribution >= 0.6 is 0 Å². The fourth-order valence-corrected chi connectivity index (χ4v) is 3.75. The zero-order valence-electron chi connectivity index (χ0n) is 14.4. The van der Waals surface area contributed by atoms with Gasteiger partial charge in [0.2, 0.25) is 5.91 Å². The Morgan fingerprint density at radius 1 is 1.36 bits per heavy atom. The number of nitrogens with zero attached hydrogens (tertiary/aromatic N) is 2. The summed E-state index contributed by atoms with van der Waals surface area (Å²) in [4.78, 5) is 14.7. The van der Waals surface area contributed by atoms with Gasteiger partial charge >= 0.3 is 0 Å². The van der Waals surface area contributed by atoms with E-state index in [9.17, 15) is 4.79 Å².